The van der Waals surface area contributed by atoms with E-state index in [-0.39, 0.29) is 0 Å². The van der Waals surface area contributed by atoms with Crippen LogP contribution in [0.5, 0.6) is 0 Å². The number of hydrogen-bond donors (Lipinski definition) is 0. The molecule has 0 fully saturated rings. The molecule has 7 heteroatoms. The first-order chi connectivity index (χ1) is 7.72. The second kappa shape index (κ2) is 4.94. The Bertz CT molecular complexity index is 526. The highest BCUT2D eigenvalue weighted by molar-refractivity contribution is 7.86. The van der Waals surface area contributed by atoms with E-state index >= 15 is 0 Å². The summed E-state index contributed by atoms with van der Waals surface area (Å²) in [4.78, 5) is 12.5. The topological polar surface area (TPSA) is 65.0 Å². The highest BCUT2D eigenvalue weighted by atomic mass is 32.2. The molecule has 0 saturated heterocycles. The minimum absolute atomic E-state index is 0.592. The van der Waals surface area contributed by atoms with Crippen molar-refractivity contribution >= 4 is 32.5 Å². The maximum absolute atomic E-state index is 11.3. The lowest BCUT2D eigenvalue weighted by molar-refractivity contribution is 0.202. The summed E-state index contributed by atoms with van der Waals surface area (Å²) in [5.74, 6) is 0. The molecule has 0 saturated carbocycles. The van der Waals surface area contributed by atoms with Crippen molar-refractivity contribution in [2.45, 2.75) is 10.8 Å². The van der Waals surface area contributed by atoms with Crippen LogP contribution >= 0.6 is 11.3 Å². The number of ether oxygens (including phenoxy) is 1. The molecule has 86 valence electrons. The number of methoxy groups -OCH3 is 1. The molecule has 0 amide bonds. The molecular weight excluding hydrogens is 246 g/mol. The highest BCUT2D eigenvalue weighted by Gasteiger charge is 2.12. The van der Waals surface area contributed by atoms with Gasteiger partial charge in [-0.3, -0.25) is 4.21 Å². The van der Waals surface area contributed by atoms with E-state index in [2.05, 4.69) is 15.0 Å². The fourth-order valence-electron chi connectivity index (χ4n) is 1.28. The summed E-state index contributed by atoms with van der Waals surface area (Å²) in [7, 11) is 0.583. The third-order valence-corrected chi connectivity index (χ3v) is 4.46. The molecule has 1 unspecified atom stereocenters. The van der Waals surface area contributed by atoms with Crippen LogP contribution in [-0.4, -0.2) is 39.1 Å². The van der Waals surface area contributed by atoms with E-state index in [0.717, 1.165) is 10.4 Å². The van der Waals surface area contributed by atoms with Gasteiger partial charge in [0.05, 0.1) is 27.8 Å². The fraction of sp³-hybridized carbons (Fsp3) is 0.444. The fourth-order valence-corrected chi connectivity index (χ4v) is 2.98. The number of hydrogen-bond acceptors (Lipinski definition) is 6. The van der Waals surface area contributed by atoms with E-state index in [9.17, 15) is 4.21 Å². The lowest BCUT2D eigenvalue weighted by Crippen LogP contribution is -1.98. The minimum atomic E-state index is -1.07. The van der Waals surface area contributed by atoms with Gasteiger partial charge in [0.25, 0.3) is 0 Å². The Balaban J connectivity index is 2.45. The normalized spacial score (nSPS) is 13.1. The van der Waals surface area contributed by atoms with Gasteiger partial charge in [-0.15, -0.1) is 11.3 Å². The molecule has 2 rings (SSSR count). The predicted octanol–water partition coefficient (Wildman–Crippen LogP) is 1.01. The molecule has 0 aliphatic rings. The zero-order chi connectivity index (χ0) is 11.5. The van der Waals surface area contributed by atoms with Crippen molar-refractivity contribution < 1.29 is 8.95 Å². The summed E-state index contributed by atoms with van der Waals surface area (Å²) < 4.78 is 17.8. The SMILES string of the molecule is COCCc1ncnc2nc(S(C)=O)sc12. The lowest BCUT2D eigenvalue weighted by atomic mass is 10.3. The molecule has 5 nitrogen and oxygen atoms in total. The van der Waals surface area contributed by atoms with Crippen molar-refractivity contribution in [3.8, 4) is 0 Å². The van der Waals surface area contributed by atoms with Crippen LogP contribution in [0.1, 0.15) is 5.69 Å². The first-order valence-electron chi connectivity index (χ1n) is 4.65. The minimum Gasteiger partial charge on any atom is -0.384 e. The van der Waals surface area contributed by atoms with Gasteiger partial charge in [-0.05, 0) is 0 Å². The Morgan fingerprint density at radius 1 is 1.50 bits per heavy atom. The van der Waals surface area contributed by atoms with Crippen molar-refractivity contribution in [3.63, 3.8) is 0 Å². The lowest BCUT2D eigenvalue weighted by Gasteiger charge is -1.98. The standard InChI is InChI=1S/C9H11N3O2S2/c1-14-4-3-6-7-8(11-5-10-6)12-9(15-7)16(2)13/h5H,3-4H2,1-2H3. The third kappa shape index (κ3) is 2.26. The Labute approximate surface area is 99.4 Å². The highest BCUT2D eigenvalue weighted by Crippen LogP contribution is 2.24. The van der Waals surface area contributed by atoms with Crippen LogP contribution in [0.15, 0.2) is 10.7 Å². The number of rotatable bonds is 4. The van der Waals surface area contributed by atoms with Crippen molar-refractivity contribution in [2.24, 2.45) is 0 Å². The second-order valence-electron chi connectivity index (χ2n) is 3.15. The van der Waals surface area contributed by atoms with Gasteiger partial charge in [0.2, 0.25) is 0 Å². The Morgan fingerprint density at radius 3 is 3.00 bits per heavy atom. The van der Waals surface area contributed by atoms with Crippen LogP contribution in [0.3, 0.4) is 0 Å². The van der Waals surface area contributed by atoms with Crippen molar-refractivity contribution in [3.05, 3.63) is 12.0 Å². The molecule has 0 aromatic carbocycles. The van der Waals surface area contributed by atoms with E-state index < -0.39 is 10.8 Å². The number of fused-ring (bicyclic) bond motifs is 1. The number of thiazole rings is 1. The molecule has 0 radical (unpaired) electrons. The monoisotopic (exact) mass is 257 g/mol. The third-order valence-electron chi connectivity index (χ3n) is 2.03. The summed E-state index contributed by atoms with van der Waals surface area (Å²) >= 11 is 1.39. The molecule has 0 bridgehead atoms. The van der Waals surface area contributed by atoms with E-state index in [0.29, 0.717) is 23.0 Å². The zero-order valence-corrected chi connectivity index (χ0v) is 10.6. The molecule has 0 spiro atoms. The summed E-state index contributed by atoms with van der Waals surface area (Å²) in [6.45, 7) is 0.606. The Hall–Kier alpha value is -0.920. The molecule has 0 aliphatic carbocycles. The largest absolute Gasteiger partial charge is 0.384 e. The van der Waals surface area contributed by atoms with Gasteiger partial charge in [-0.1, -0.05) is 0 Å². The van der Waals surface area contributed by atoms with E-state index in [4.69, 9.17) is 4.74 Å². The van der Waals surface area contributed by atoms with Crippen LogP contribution in [0.4, 0.5) is 0 Å². The summed E-state index contributed by atoms with van der Waals surface area (Å²) in [5.41, 5.74) is 1.53. The molecule has 2 aromatic rings. The summed E-state index contributed by atoms with van der Waals surface area (Å²) in [5, 5.41) is 0. The van der Waals surface area contributed by atoms with Crippen molar-refractivity contribution in [1.82, 2.24) is 15.0 Å². The maximum Gasteiger partial charge on any atom is 0.183 e. The smallest absolute Gasteiger partial charge is 0.183 e. The molecule has 0 aliphatic heterocycles. The second-order valence-corrected chi connectivity index (χ2v) is 5.70. The van der Waals surface area contributed by atoms with E-state index in [1.54, 1.807) is 13.4 Å². The van der Waals surface area contributed by atoms with Crippen LogP contribution in [0.25, 0.3) is 10.3 Å². The van der Waals surface area contributed by atoms with Gasteiger partial charge in [0.1, 0.15) is 6.33 Å². The van der Waals surface area contributed by atoms with Crippen LogP contribution in [0, 0.1) is 0 Å². The first kappa shape index (κ1) is 11.6. The first-order valence-corrected chi connectivity index (χ1v) is 7.02. The van der Waals surface area contributed by atoms with Gasteiger partial charge < -0.3 is 4.74 Å². The summed E-state index contributed by atoms with van der Waals surface area (Å²) in [6.07, 6.45) is 3.81. The predicted molar refractivity (Wildman–Crippen MR) is 63.1 cm³/mol. The summed E-state index contributed by atoms with van der Waals surface area (Å²) in [6, 6.07) is 0. The van der Waals surface area contributed by atoms with Gasteiger partial charge >= 0.3 is 0 Å². The van der Waals surface area contributed by atoms with Gasteiger partial charge in [0, 0.05) is 19.8 Å². The van der Waals surface area contributed by atoms with Crippen molar-refractivity contribution in [1.29, 1.82) is 0 Å². The van der Waals surface area contributed by atoms with Crippen molar-refractivity contribution in [2.75, 3.05) is 20.0 Å². The zero-order valence-electron chi connectivity index (χ0n) is 8.97. The molecule has 0 N–H and O–H groups in total. The van der Waals surface area contributed by atoms with Crippen LogP contribution in [0.2, 0.25) is 0 Å². The number of aromatic nitrogens is 3. The van der Waals surface area contributed by atoms with Gasteiger partial charge in [-0.2, -0.15) is 0 Å². The van der Waals surface area contributed by atoms with Crippen LogP contribution < -0.4 is 0 Å². The molecule has 2 heterocycles. The molecule has 1 atom stereocenters. The van der Waals surface area contributed by atoms with E-state index in [1.165, 1.54) is 17.7 Å². The van der Waals surface area contributed by atoms with Gasteiger partial charge in [0.15, 0.2) is 9.99 Å². The Kier molecular flexibility index (Phi) is 3.57. The average Bonchev–Trinajstić information content (AvgIpc) is 2.70. The number of nitrogens with zero attached hydrogens (tertiary/aromatic N) is 3. The average molecular weight is 257 g/mol. The van der Waals surface area contributed by atoms with Crippen LogP contribution in [-0.2, 0) is 22.0 Å². The molecule has 2 aromatic heterocycles. The van der Waals surface area contributed by atoms with E-state index in [1.807, 2.05) is 0 Å². The maximum atomic E-state index is 11.3. The molecule has 16 heavy (non-hydrogen) atoms. The van der Waals surface area contributed by atoms with Gasteiger partial charge in [-0.25, -0.2) is 15.0 Å². The quantitative estimate of drug-likeness (QED) is 0.818. The molecular formula is C9H11N3O2S2. The Morgan fingerprint density at radius 2 is 2.31 bits per heavy atom.